The van der Waals surface area contributed by atoms with Crippen LogP contribution in [0.3, 0.4) is 0 Å². The van der Waals surface area contributed by atoms with Gasteiger partial charge in [0.2, 0.25) is 10.0 Å². The Hall–Kier alpha value is -1.40. The number of carbonyl (C=O) groups excluding carboxylic acids is 1. The summed E-state index contributed by atoms with van der Waals surface area (Å²) in [6.45, 7) is 1.36. The molecule has 0 spiro atoms. The van der Waals surface area contributed by atoms with Crippen LogP contribution in [0.25, 0.3) is 0 Å². The number of primary sulfonamides is 1. The van der Waals surface area contributed by atoms with E-state index >= 15 is 0 Å². The highest BCUT2D eigenvalue weighted by Gasteiger charge is 2.23. The van der Waals surface area contributed by atoms with Gasteiger partial charge in [-0.15, -0.1) is 0 Å². The molecule has 1 fully saturated rings. The average molecular weight is 268 g/mol. The van der Waals surface area contributed by atoms with Gasteiger partial charge in [-0.1, -0.05) is 12.1 Å². The fraction of sp³-hybridized carbons (Fsp3) is 0.417. The lowest BCUT2D eigenvalue weighted by Gasteiger charge is -2.27. The molecule has 6 heteroatoms. The molecule has 1 aromatic carbocycles. The van der Waals surface area contributed by atoms with Crippen molar-refractivity contribution in [1.29, 1.82) is 0 Å². The summed E-state index contributed by atoms with van der Waals surface area (Å²) in [4.78, 5) is 13.9. The van der Waals surface area contributed by atoms with Gasteiger partial charge < -0.3 is 4.90 Å². The number of hydrogen-bond donors (Lipinski definition) is 1. The average Bonchev–Trinajstić information content (AvgIpc) is 2.38. The predicted octanol–water partition coefficient (Wildman–Crippen LogP) is 0.960. The van der Waals surface area contributed by atoms with Crippen molar-refractivity contribution in [3.63, 3.8) is 0 Å². The van der Waals surface area contributed by atoms with Crippen molar-refractivity contribution in [2.45, 2.75) is 24.2 Å². The summed E-state index contributed by atoms with van der Waals surface area (Å²) in [7, 11) is -3.86. The molecule has 1 heterocycles. The molecule has 1 aromatic rings. The van der Waals surface area contributed by atoms with Gasteiger partial charge in [-0.3, -0.25) is 4.79 Å². The summed E-state index contributed by atoms with van der Waals surface area (Å²) in [6, 6.07) is 6.09. The zero-order chi connectivity index (χ0) is 13.2. The van der Waals surface area contributed by atoms with Crippen molar-refractivity contribution in [3.05, 3.63) is 29.8 Å². The van der Waals surface area contributed by atoms with Crippen LogP contribution in [0.15, 0.2) is 29.2 Å². The van der Waals surface area contributed by atoms with Gasteiger partial charge in [0, 0.05) is 13.1 Å². The molecule has 0 atom stereocenters. The third-order valence-electron chi connectivity index (χ3n) is 3.07. The maximum absolute atomic E-state index is 12.3. The summed E-state index contributed by atoms with van der Waals surface area (Å²) < 4.78 is 22.9. The van der Waals surface area contributed by atoms with E-state index in [1.54, 1.807) is 17.0 Å². The first-order chi connectivity index (χ1) is 8.50. The lowest BCUT2D eigenvalue weighted by atomic mass is 10.1. The Morgan fingerprint density at radius 3 is 2.33 bits per heavy atom. The molecule has 1 aliphatic rings. The highest BCUT2D eigenvalue weighted by Crippen LogP contribution is 2.18. The van der Waals surface area contributed by atoms with Crippen molar-refractivity contribution in [1.82, 2.24) is 4.90 Å². The molecule has 1 saturated heterocycles. The maximum atomic E-state index is 12.3. The van der Waals surface area contributed by atoms with Gasteiger partial charge >= 0.3 is 0 Å². The topological polar surface area (TPSA) is 80.5 Å². The van der Waals surface area contributed by atoms with Gasteiger partial charge in [-0.05, 0) is 31.4 Å². The van der Waals surface area contributed by atoms with Gasteiger partial charge in [0.1, 0.15) is 0 Å². The second kappa shape index (κ2) is 5.07. The van der Waals surface area contributed by atoms with Crippen LogP contribution in [0.4, 0.5) is 0 Å². The highest BCUT2D eigenvalue weighted by atomic mass is 32.2. The number of piperidine rings is 1. The molecule has 1 amide bonds. The van der Waals surface area contributed by atoms with E-state index in [9.17, 15) is 13.2 Å². The third kappa shape index (κ3) is 2.70. The normalized spacial score (nSPS) is 16.6. The largest absolute Gasteiger partial charge is 0.339 e. The molecule has 2 rings (SSSR count). The Morgan fingerprint density at radius 2 is 1.72 bits per heavy atom. The number of sulfonamides is 1. The molecule has 0 saturated carbocycles. The fourth-order valence-electron chi connectivity index (χ4n) is 2.16. The van der Waals surface area contributed by atoms with E-state index in [0.29, 0.717) is 13.1 Å². The van der Waals surface area contributed by atoms with E-state index in [1.807, 2.05) is 0 Å². The second-order valence-electron chi connectivity index (χ2n) is 4.39. The number of hydrogen-bond acceptors (Lipinski definition) is 3. The summed E-state index contributed by atoms with van der Waals surface area (Å²) in [5.74, 6) is -0.251. The maximum Gasteiger partial charge on any atom is 0.255 e. The van der Waals surface area contributed by atoms with Crippen molar-refractivity contribution in [3.8, 4) is 0 Å². The number of carbonyl (C=O) groups is 1. The molecule has 0 bridgehead atoms. The summed E-state index contributed by atoms with van der Waals surface area (Å²) in [5, 5.41) is 5.13. The van der Waals surface area contributed by atoms with E-state index in [4.69, 9.17) is 5.14 Å². The van der Waals surface area contributed by atoms with Crippen molar-refractivity contribution in [2.75, 3.05) is 13.1 Å². The van der Waals surface area contributed by atoms with Crippen LogP contribution in [0.2, 0.25) is 0 Å². The van der Waals surface area contributed by atoms with Crippen molar-refractivity contribution in [2.24, 2.45) is 5.14 Å². The Kier molecular flexibility index (Phi) is 3.68. The molecule has 5 nitrogen and oxygen atoms in total. The predicted molar refractivity (Wildman–Crippen MR) is 67.6 cm³/mol. The van der Waals surface area contributed by atoms with E-state index < -0.39 is 10.0 Å². The van der Waals surface area contributed by atoms with Crippen LogP contribution in [-0.2, 0) is 10.0 Å². The monoisotopic (exact) mass is 268 g/mol. The zero-order valence-corrected chi connectivity index (χ0v) is 10.8. The van der Waals surface area contributed by atoms with E-state index in [2.05, 4.69) is 0 Å². The number of benzene rings is 1. The number of nitrogens with two attached hydrogens (primary N) is 1. The van der Waals surface area contributed by atoms with Crippen molar-refractivity contribution < 1.29 is 13.2 Å². The van der Waals surface area contributed by atoms with Crippen LogP contribution in [-0.4, -0.2) is 32.3 Å². The Labute approximate surface area is 107 Å². The SMILES string of the molecule is NS(=O)(=O)c1ccccc1C(=O)N1CCCCC1. The van der Waals surface area contributed by atoms with Crippen LogP contribution in [0, 0.1) is 0 Å². The molecule has 1 aliphatic heterocycles. The Morgan fingerprint density at radius 1 is 1.11 bits per heavy atom. The lowest BCUT2D eigenvalue weighted by Crippen LogP contribution is -2.36. The van der Waals surface area contributed by atoms with Crippen LogP contribution in [0.5, 0.6) is 0 Å². The smallest absolute Gasteiger partial charge is 0.255 e. The van der Waals surface area contributed by atoms with E-state index in [1.165, 1.54) is 12.1 Å². The van der Waals surface area contributed by atoms with Gasteiger partial charge in [-0.2, -0.15) is 0 Å². The summed E-state index contributed by atoms with van der Waals surface area (Å²) in [6.07, 6.45) is 3.03. The van der Waals surface area contributed by atoms with Crippen LogP contribution in [0.1, 0.15) is 29.6 Å². The minimum Gasteiger partial charge on any atom is -0.339 e. The fourth-order valence-corrected chi connectivity index (χ4v) is 2.89. The standard InChI is InChI=1S/C12H16N2O3S/c13-18(16,17)11-7-3-2-6-10(11)12(15)14-8-4-1-5-9-14/h2-3,6-7H,1,4-5,8-9H2,(H2,13,16,17). The molecule has 98 valence electrons. The number of rotatable bonds is 2. The Balaban J connectivity index is 2.36. The van der Waals surface area contributed by atoms with Gasteiger partial charge in [0.25, 0.3) is 5.91 Å². The first kappa shape index (κ1) is 13.0. The number of amides is 1. The summed E-state index contributed by atoms with van der Waals surface area (Å²) >= 11 is 0. The molecular weight excluding hydrogens is 252 g/mol. The third-order valence-corrected chi connectivity index (χ3v) is 4.04. The summed E-state index contributed by atoms with van der Waals surface area (Å²) in [5.41, 5.74) is 0.168. The molecule has 18 heavy (non-hydrogen) atoms. The van der Waals surface area contributed by atoms with Crippen molar-refractivity contribution >= 4 is 15.9 Å². The lowest BCUT2D eigenvalue weighted by molar-refractivity contribution is 0.0720. The molecule has 0 unspecified atom stereocenters. The van der Waals surface area contributed by atoms with Gasteiger partial charge in [-0.25, -0.2) is 13.6 Å². The zero-order valence-electron chi connectivity index (χ0n) is 10.0. The van der Waals surface area contributed by atoms with Gasteiger partial charge in [0.15, 0.2) is 0 Å². The van der Waals surface area contributed by atoms with E-state index in [0.717, 1.165) is 19.3 Å². The molecule has 0 aromatic heterocycles. The highest BCUT2D eigenvalue weighted by molar-refractivity contribution is 7.89. The number of likely N-dealkylation sites (tertiary alicyclic amines) is 1. The van der Waals surface area contributed by atoms with Crippen LogP contribution >= 0.6 is 0 Å². The molecular formula is C12H16N2O3S. The second-order valence-corrected chi connectivity index (χ2v) is 5.92. The van der Waals surface area contributed by atoms with Gasteiger partial charge in [0.05, 0.1) is 10.5 Å². The minimum atomic E-state index is -3.86. The molecule has 2 N–H and O–H groups in total. The molecule has 0 radical (unpaired) electrons. The quantitative estimate of drug-likeness (QED) is 0.867. The first-order valence-electron chi connectivity index (χ1n) is 5.91. The first-order valence-corrected chi connectivity index (χ1v) is 7.46. The van der Waals surface area contributed by atoms with E-state index in [-0.39, 0.29) is 16.4 Å². The molecule has 0 aliphatic carbocycles. The Bertz CT molecular complexity index is 548. The number of nitrogens with zero attached hydrogens (tertiary/aromatic N) is 1. The minimum absolute atomic E-state index is 0.0967. The van der Waals surface area contributed by atoms with Crippen LogP contribution < -0.4 is 5.14 Å².